The number of thioether (sulfide) groups is 1. The summed E-state index contributed by atoms with van der Waals surface area (Å²) in [7, 11) is 0. The fraction of sp³-hybridized carbons (Fsp3) is 0.250. The van der Waals surface area contributed by atoms with Crippen molar-refractivity contribution in [2.75, 3.05) is 29.9 Å². The summed E-state index contributed by atoms with van der Waals surface area (Å²) in [4.78, 5) is 23.6. The lowest BCUT2D eigenvalue weighted by molar-refractivity contribution is 0.0773. The molecule has 29 heavy (non-hydrogen) atoms. The SMILES string of the molecule is Cc1ccc2c(Nc3cc(F)cc(F)c3)c(C(=O)N3CCSCC3)cnc2n1.Cl. The van der Waals surface area contributed by atoms with Crippen molar-refractivity contribution < 1.29 is 13.6 Å². The average Bonchev–Trinajstić information content (AvgIpc) is 2.67. The number of nitrogens with one attached hydrogen (secondary N) is 1. The molecule has 0 unspecified atom stereocenters. The molecule has 1 N–H and O–H groups in total. The first-order valence-corrected chi connectivity index (χ1v) is 10.0. The molecule has 1 saturated heterocycles. The van der Waals surface area contributed by atoms with Crippen LogP contribution in [0.5, 0.6) is 0 Å². The summed E-state index contributed by atoms with van der Waals surface area (Å²) < 4.78 is 27.3. The van der Waals surface area contributed by atoms with E-state index in [0.29, 0.717) is 35.4 Å². The molecule has 4 rings (SSSR count). The second-order valence-corrected chi connectivity index (χ2v) is 7.78. The van der Waals surface area contributed by atoms with E-state index in [0.717, 1.165) is 23.3 Å². The van der Waals surface area contributed by atoms with Crippen molar-refractivity contribution in [3.8, 4) is 0 Å². The van der Waals surface area contributed by atoms with E-state index in [1.165, 1.54) is 18.3 Å². The number of nitrogens with zero attached hydrogens (tertiary/aromatic N) is 3. The maximum absolute atomic E-state index is 13.7. The van der Waals surface area contributed by atoms with Gasteiger partial charge in [0.05, 0.1) is 11.3 Å². The summed E-state index contributed by atoms with van der Waals surface area (Å²) in [6, 6.07) is 6.79. The molecule has 0 bridgehead atoms. The second-order valence-electron chi connectivity index (χ2n) is 6.56. The van der Waals surface area contributed by atoms with Gasteiger partial charge in [0.25, 0.3) is 5.91 Å². The molecule has 0 aliphatic carbocycles. The number of carbonyl (C=O) groups excluding carboxylic acids is 1. The van der Waals surface area contributed by atoms with Gasteiger partial charge in [-0.25, -0.2) is 18.7 Å². The van der Waals surface area contributed by atoms with Crippen LogP contribution in [0.4, 0.5) is 20.2 Å². The molecule has 0 spiro atoms. The number of anilines is 2. The molecule has 1 fully saturated rings. The van der Waals surface area contributed by atoms with Crippen LogP contribution in [0, 0.1) is 18.6 Å². The normalized spacial score (nSPS) is 13.8. The number of pyridine rings is 2. The van der Waals surface area contributed by atoms with Gasteiger partial charge >= 0.3 is 0 Å². The molecule has 2 aromatic heterocycles. The predicted octanol–water partition coefficient (Wildman–Crippen LogP) is 4.57. The Morgan fingerprint density at radius 1 is 1.14 bits per heavy atom. The lowest BCUT2D eigenvalue weighted by Gasteiger charge is -2.27. The number of fused-ring (bicyclic) bond motifs is 1. The minimum Gasteiger partial charge on any atom is -0.354 e. The highest BCUT2D eigenvalue weighted by Crippen LogP contribution is 2.30. The summed E-state index contributed by atoms with van der Waals surface area (Å²) in [5.41, 5.74) is 2.27. The van der Waals surface area contributed by atoms with E-state index < -0.39 is 11.6 Å². The van der Waals surface area contributed by atoms with Crippen LogP contribution < -0.4 is 5.32 Å². The number of halogens is 3. The molecule has 5 nitrogen and oxygen atoms in total. The number of benzene rings is 1. The summed E-state index contributed by atoms with van der Waals surface area (Å²) in [5.74, 6) is 0.206. The molecule has 1 aliphatic heterocycles. The van der Waals surface area contributed by atoms with Gasteiger partial charge in [-0.15, -0.1) is 12.4 Å². The Morgan fingerprint density at radius 2 is 1.83 bits per heavy atom. The van der Waals surface area contributed by atoms with Crippen molar-refractivity contribution >= 4 is 52.5 Å². The third-order valence-corrected chi connectivity index (χ3v) is 5.47. The number of amides is 1. The number of rotatable bonds is 3. The van der Waals surface area contributed by atoms with E-state index in [-0.39, 0.29) is 24.0 Å². The molecule has 9 heteroatoms. The highest BCUT2D eigenvalue weighted by Gasteiger charge is 2.23. The second kappa shape index (κ2) is 8.92. The van der Waals surface area contributed by atoms with Gasteiger partial charge in [-0.1, -0.05) is 0 Å². The number of carbonyl (C=O) groups is 1. The van der Waals surface area contributed by atoms with Gasteiger partial charge in [0.2, 0.25) is 0 Å². The topological polar surface area (TPSA) is 58.1 Å². The molecular weight excluding hydrogens is 418 g/mol. The van der Waals surface area contributed by atoms with Crippen molar-refractivity contribution in [1.29, 1.82) is 0 Å². The average molecular weight is 437 g/mol. The van der Waals surface area contributed by atoms with Crippen LogP contribution >= 0.6 is 24.2 Å². The summed E-state index contributed by atoms with van der Waals surface area (Å²) in [5, 5.41) is 3.64. The highest BCUT2D eigenvalue weighted by atomic mass is 35.5. The molecular formula is C20H19ClF2N4OS. The van der Waals surface area contributed by atoms with E-state index in [1.807, 2.05) is 19.1 Å². The van der Waals surface area contributed by atoms with Crippen molar-refractivity contribution in [2.24, 2.45) is 0 Å². The zero-order chi connectivity index (χ0) is 19.7. The maximum Gasteiger partial charge on any atom is 0.257 e. The number of hydrogen-bond acceptors (Lipinski definition) is 5. The molecule has 0 saturated carbocycles. The standard InChI is InChI=1S/C20H18F2N4OS.ClH/c1-12-2-3-16-18(25-15-9-13(21)8-14(22)10-15)17(11-23-19(16)24-12)20(27)26-4-6-28-7-5-26;/h2-3,8-11H,4-7H2,1H3,(H,23,24,25);1H. The van der Waals surface area contributed by atoms with E-state index >= 15 is 0 Å². The van der Waals surface area contributed by atoms with E-state index in [2.05, 4.69) is 15.3 Å². The third-order valence-electron chi connectivity index (χ3n) is 4.53. The zero-order valence-corrected chi connectivity index (χ0v) is 17.2. The Balaban J connectivity index is 0.00000240. The quantitative estimate of drug-likeness (QED) is 0.651. The zero-order valence-electron chi connectivity index (χ0n) is 15.6. The summed E-state index contributed by atoms with van der Waals surface area (Å²) in [6.07, 6.45) is 1.48. The van der Waals surface area contributed by atoms with Gasteiger partial charge in [-0.05, 0) is 31.2 Å². The lowest BCUT2D eigenvalue weighted by Crippen LogP contribution is -2.38. The van der Waals surface area contributed by atoms with E-state index in [1.54, 1.807) is 16.7 Å². The molecule has 3 heterocycles. The van der Waals surface area contributed by atoms with Crippen molar-refractivity contribution in [3.05, 3.63) is 59.4 Å². The van der Waals surface area contributed by atoms with Crippen molar-refractivity contribution in [2.45, 2.75) is 6.92 Å². The molecule has 1 aromatic carbocycles. The Bertz CT molecular complexity index is 1040. The molecule has 1 amide bonds. The number of hydrogen-bond donors (Lipinski definition) is 1. The minimum absolute atomic E-state index is 0. The third kappa shape index (κ3) is 4.59. The van der Waals surface area contributed by atoms with Crippen LogP contribution in [0.15, 0.2) is 36.5 Å². The van der Waals surface area contributed by atoms with Gasteiger partial charge < -0.3 is 10.2 Å². The molecule has 0 radical (unpaired) electrons. The van der Waals surface area contributed by atoms with Gasteiger partial charge in [0.15, 0.2) is 5.65 Å². The van der Waals surface area contributed by atoms with Crippen LogP contribution in [0.25, 0.3) is 11.0 Å². The van der Waals surface area contributed by atoms with Crippen LogP contribution in [0.2, 0.25) is 0 Å². The highest BCUT2D eigenvalue weighted by molar-refractivity contribution is 7.99. The fourth-order valence-electron chi connectivity index (χ4n) is 3.18. The van der Waals surface area contributed by atoms with Crippen molar-refractivity contribution in [3.63, 3.8) is 0 Å². The lowest BCUT2D eigenvalue weighted by atomic mass is 10.1. The number of aryl methyl sites for hydroxylation is 1. The minimum atomic E-state index is -0.698. The Hall–Kier alpha value is -2.45. The largest absolute Gasteiger partial charge is 0.354 e. The van der Waals surface area contributed by atoms with Crippen LogP contribution in [-0.4, -0.2) is 45.4 Å². The van der Waals surface area contributed by atoms with Crippen LogP contribution in [-0.2, 0) is 0 Å². The first-order chi connectivity index (χ1) is 13.5. The molecule has 152 valence electrons. The van der Waals surface area contributed by atoms with E-state index in [4.69, 9.17) is 0 Å². The summed E-state index contributed by atoms with van der Waals surface area (Å²) >= 11 is 1.81. The fourth-order valence-corrected chi connectivity index (χ4v) is 4.08. The molecule has 3 aromatic rings. The van der Waals surface area contributed by atoms with Crippen molar-refractivity contribution in [1.82, 2.24) is 14.9 Å². The molecule has 1 aliphatic rings. The predicted molar refractivity (Wildman–Crippen MR) is 114 cm³/mol. The van der Waals surface area contributed by atoms with Gasteiger partial charge in [0.1, 0.15) is 11.6 Å². The Kier molecular flexibility index (Phi) is 6.54. The number of aromatic nitrogens is 2. The molecule has 0 atom stereocenters. The van der Waals surface area contributed by atoms with Gasteiger partial charge in [-0.3, -0.25) is 4.79 Å². The monoisotopic (exact) mass is 436 g/mol. The van der Waals surface area contributed by atoms with Crippen LogP contribution in [0.3, 0.4) is 0 Å². The van der Waals surface area contributed by atoms with Crippen LogP contribution in [0.1, 0.15) is 16.1 Å². The smallest absolute Gasteiger partial charge is 0.257 e. The van der Waals surface area contributed by atoms with Gasteiger partial charge in [-0.2, -0.15) is 11.8 Å². The Labute approximate surface area is 177 Å². The maximum atomic E-state index is 13.7. The first-order valence-electron chi connectivity index (χ1n) is 8.88. The Morgan fingerprint density at radius 3 is 2.52 bits per heavy atom. The summed E-state index contributed by atoms with van der Waals surface area (Å²) in [6.45, 7) is 3.16. The first kappa shape index (κ1) is 21.3. The van der Waals surface area contributed by atoms with Gasteiger partial charge in [0, 0.05) is 53.6 Å². The van der Waals surface area contributed by atoms with E-state index in [9.17, 15) is 13.6 Å².